The molecular formula is C20H31N3O2S. The smallest absolute Gasteiger partial charge is 0.223 e. The second kappa shape index (κ2) is 9.51. The molecule has 2 aliphatic rings. The van der Waals surface area contributed by atoms with Gasteiger partial charge in [0, 0.05) is 43.9 Å². The van der Waals surface area contributed by atoms with Crippen LogP contribution < -0.4 is 5.32 Å². The molecule has 3 rings (SSSR count). The number of piperidine rings is 1. The molecule has 0 saturated carbocycles. The monoisotopic (exact) mass is 377 g/mol. The summed E-state index contributed by atoms with van der Waals surface area (Å²) in [6.45, 7) is 7.93. The van der Waals surface area contributed by atoms with Gasteiger partial charge in [0.1, 0.15) is 0 Å². The molecule has 1 unspecified atom stereocenters. The van der Waals surface area contributed by atoms with E-state index in [0.717, 1.165) is 31.8 Å². The maximum atomic E-state index is 12.3. The van der Waals surface area contributed by atoms with Gasteiger partial charge in [0.2, 0.25) is 11.8 Å². The Hall–Kier alpha value is -1.40. The molecule has 1 N–H and O–H groups in total. The molecule has 26 heavy (non-hydrogen) atoms. The van der Waals surface area contributed by atoms with Crippen molar-refractivity contribution in [1.29, 1.82) is 0 Å². The van der Waals surface area contributed by atoms with Crippen LogP contribution in [0.4, 0.5) is 0 Å². The van der Waals surface area contributed by atoms with Gasteiger partial charge in [-0.25, -0.2) is 0 Å². The summed E-state index contributed by atoms with van der Waals surface area (Å²) in [7, 11) is 0. The number of carbonyl (C=O) groups is 2. The lowest BCUT2D eigenvalue weighted by Gasteiger charge is -2.30. The van der Waals surface area contributed by atoms with Gasteiger partial charge < -0.3 is 15.1 Å². The van der Waals surface area contributed by atoms with E-state index in [0.29, 0.717) is 25.9 Å². The Kier molecular flexibility index (Phi) is 7.08. The minimum Gasteiger partial charge on any atom is -0.356 e. The van der Waals surface area contributed by atoms with E-state index in [-0.39, 0.29) is 11.8 Å². The van der Waals surface area contributed by atoms with Gasteiger partial charge in [-0.1, -0.05) is 6.92 Å². The highest BCUT2D eigenvalue weighted by Crippen LogP contribution is 2.24. The molecule has 0 bridgehead atoms. The topological polar surface area (TPSA) is 52.7 Å². The number of carbonyl (C=O) groups excluding carboxylic acids is 2. The average molecular weight is 378 g/mol. The summed E-state index contributed by atoms with van der Waals surface area (Å²) in [5, 5.41) is 5.06. The van der Waals surface area contributed by atoms with Gasteiger partial charge in [-0.3, -0.25) is 9.59 Å². The Morgan fingerprint density at radius 1 is 1.31 bits per heavy atom. The Morgan fingerprint density at radius 3 is 3.04 bits per heavy atom. The van der Waals surface area contributed by atoms with E-state index in [9.17, 15) is 9.59 Å². The molecule has 3 heterocycles. The van der Waals surface area contributed by atoms with Crippen LogP contribution in [0.5, 0.6) is 0 Å². The van der Waals surface area contributed by atoms with E-state index in [1.54, 1.807) is 11.3 Å². The van der Waals surface area contributed by atoms with Crippen molar-refractivity contribution in [3.63, 3.8) is 0 Å². The molecule has 5 nitrogen and oxygen atoms in total. The third-order valence-electron chi connectivity index (χ3n) is 5.44. The first-order valence-electron chi connectivity index (χ1n) is 9.94. The second-order valence-corrected chi connectivity index (χ2v) is 8.69. The molecule has 2 aliphatic heterocycles. The number of likely N-dealkylation sites (tertiary alicyclic amines) is 1. The van der Waals surface area contributed by atoms with Crippen LogP contribution in [0.15, 0.2) is 11.4 Å². The average Bonchev–Trinajstić information content (AvgIpc) is 3.11. The molecule has 1 atom stereocenters. The van der Waals surface area contributed by atoms with E-state index in [1.807, 2.05) is 4.90 Å². The van der Waals surface area contributed by atoms with E-state index in [4.69, 9.17) is 0 Å². The van der Waals surface area contributed by atoms with Gasteiger partial charge in [0.15, 0.2) is 0 Å². The summed E-state index contributed by atoms with van der Waals surface area (Å²) < 4.78 is 0. The number of nitrogens with one attached hydrogen (secondary N) is 1. The number of hydrogen-bond acceptors (Lipinski definition) is 4. The number of amides is 2. The number of hydrogen-bond donors (Lipinski definition) is 1. The van der Waals surface area contributed by atoms with Gasteiger partial charge in [-0.15, -0.1) is 11.3 Å². The first kappa shape index (κ1) is 19.4. The van der Waals surface area contributed by atoms with Gasteiger partial charge in [-0.2, -0.15) is 0 Å². The van der Waals surface area contributed by atoms with Crippen LogP contribution in [-0.4, -0.2) is 54.3 Å². The van der Waals surface area contributed by atoms with Crippen LogP contribution >= 0.6 is 11.3 Å². The zero-order valence-corrected chi connectivity index (χ0v) is 16.7. The molecule has 0 aromatic carbocycles. The Labute approximate surface area is 160 Å². The van der Waals surface area contributed by atoms with Crippen LogP contribution in [0, 0.1) is 5.92 Å². The summed E-state index contributed by atoms with van der Waals surface area (Å²) >= 11 is 1.77. The maximum absolute atomic E-state index is 12.3. The lowest BCUT2D eigenvalue weighted by Crippen LogP contribution is -2.37. The molecule has 1 aromatic rings. The number of thiophene rings is 1. The first-order valence-corrected chi connectivity index (χ1v) is 10.8. The number of fused-ring (bicyclic) bond motifs is 1. The third-order valence-corrected chi connectivity index (χ3v) is 6.46. The summed E-state index contributed by atoms with van der Waals surface area (Å²) in [6, 6.07) is 2.11. The lowest BCUT2D eigenvalue weighted by atomic mass is 10.0. The highest BCUT2D eigenvalue weighted by atomic mass is 32.1. The SMILES string of the molecule is CC1CCCN(CCCNC(=O)CCC(=O)N2CCc3sccc3C2)C1. The minimum absolute atomic E-state index is 0.00130. The van der Waals surface area contributed by atoms with Crippen molar-refractivity contribution in [2.45, 2.75) is 52.0 Å². The van der Waals surface area contributed by atoms with Crippen LogP contribution in [0.25, 0.3) is 0 Å². The molecule has 1 aromatic heterocycles. The van der Waals surface area contributed by atoms with Crippen LogP contribution in [0.1, 0.15) is 49.5 Å². The fourth-order valence-electron chi connectivity index (χ4n) is 3.95. The van der Waals surface area contributed by atoms with Crippen molar-refractivity contribution >= 4 is 23.2 Å². The van der Waals surface area contributed by atoms with Crippen LogP contribution in [0.3, 0.4) is 0 Å². The Balaban J connectivity index is 1.27. The first-order chi connectivity index (χ1) is 12.6. The lowest BCUT2D eigenvalue weighted by molar-refractivity contribution is -0.134. The molecule has 1 fully saturated rings. The highest BCUT2D eigenvalue weighted by molar-refractivity contribution is 7.10. The molecule has 1 saturated heterocycles. The van der Waals surface area contributed by atoms with E-state index in [1.165, 1.54) is 36.4 Å². The summed E-state index contributed by atoms with van der Waals surface area (Å²) in [5.74, 6) is 0.891. The van der Waals surface area contributed by atoms with Gasteiger partial charge in [-0.05, 0) is 61.7 Å². The normalized spacial score (nSPS) is 20.7. The van der Waals surface area contributed by atoms with Gasteiger partial charge in [0.25, 0.3) is 0 Å². The molecule has 6 heteroatoms. The fraction of sp³-hybridized carbons (Fsp3) is 0.700. The van der Waals surface area contributed by atoms with E-state index in [2.05, 4.69) is 28.6 Å². The third kappa shape index (κ3) is 5.55. The predicted molar refractivity (Wildman–Crippen MR) is 105 cm³/mol. The molecule has 0 spiro atoms. The van der Waals surface area contributed by atoms with E-state index < -0.39 is 0 Å². The number of nitrogens with zero attached hydrogens (tertiary/aromatic N) is 2. The minimum atomic E-state index is -0.00130. The fourth-order valence-corrected chi connectivity index (χ4v) is 4.84. The summed E-state index contributed by atoms with van der Waals surface area (Å²) in [4.78, 5) is 30.1. The largest absolute Gasteiger partial charge is 0.356 e. The van der Waals surface area contributed by atoms with Crippen molar-refractivity contribution in [3.8, 4) is 0 Å². The predicted octanol–water partition coefficient (Wildman–Crippen LogP) is 2.65. The van der Waals surface area contributed by atoms with Crippen LogP contribution in [-0.2, 0) is 22.6 Å². The Bertz CT molecular complexity index is 616. The van der Waals surface area contributed by atoms with Gasteiger partial charge in [0.05, 0.1) is 0 Å². The molecule has 2 amide bonds. The Morgan fingerprint density at radius 2 is 2.19 bits per heavy atom. The zero-order valence-electron chi connectivity index (χ0n) is 15.8. The van der Waals surface area contributed by atoms with Crippen molar-refractivity contribution in [3.05, 3.63) is 21.9 Å². The highest BCUT2D eigenvalue weighted by Gasteiger charge is 2.21. The standard InChI is InChI=1S/C20H31N3O2S/c1-16-4-2-10-22(14-16)11-3-9-21-19(24)5-6-20(25)23-12-7-18-17(15-23)8-13-26-18/h8,13,16H,2-7,9-12,14-15H2,1H3,(H,21,24). The van der Waals surface area contributed by atoms with Crippen molar-refractivity contribution in [2.75, 3.05) is 32.7 Å². The maximum Gasteiger partial charge on any atom is 0.223 e. The molecule has 0 aliphatic carbocycles. The van der Waals surface area contributed by atoms with Gasteiger partial charge >= 0.3 is 0 Å². The second-order valence-electron chi connectivity index (χ2n) is 7.69. The zero-order chi connectivity index (χ0) is 18.4. The van der Waals surface area contributed by atoms with E-state index >= 15 is 0 Å². The molecular weight excluding hydrogens is 346 g/mol. The molecule has 0 radical (unpaired) electrons. The van der Waals surface area contributed by atoms with Crippen molar-refractivity contribution in [1.82, 2.24) is 15.1 Å². The molecule has 144 valence electrons. The quantitative estimate of drug-likeness (QED) is 0.743. The number of rotatable bonds is 7. The van der Waals surface area contributed by atoms with Crippen molar-refractivity contribution < 1.29 is 9.59 Å². The van der Waals surface area contributed by atoms with Crippen molar-refractivity contribution in [2.24, 2.45) is 5.92 Å². The summed E-state index contributed by atoms with van der Waals surface area (Å²) in [5.41, 5.74) is 1.27. The summed E-state index contributed by atoms with van der Waals surface area (Å²) in [6.07, 6.45) is 5.17. The van der Waals surface area contributed by atoms with Crippen LogP contribution in [0.2, 0.25) is 0 Å².